The van der Waals surface area contributed by atoms with E-state index >= 15 is 0 Å². The summed E-state index contributed by atoms with van der Waals surface area (Å²) < 4.78 is 0. The summed E-state index contributed by atoms with van der Waals surface area (Å²) in [5.41, 5.74) is 13.5. The van der Waals surface area contributed by atoms with E-state index in [0.717, 1.165) is 26.3 Å². The fourth-order valence-corrected chi connectivity index (χ4v) is 11.3. The third-order valence-corrected chi connectivity index (χ3v) is 15.9. The first-order chi connectivity index (χ1) is 38.5. The van der Waals surface area contributed by atoms with Crippen LogP contribution in [0.5, 0.6) is 0 Å². The molecule has 0 spiro atoms. The number of hydrogen-bond acceptors (Lipinski definition) is 16. The van der Waals surface area contributed by atoms with Crippen molar-refractivity contribution in [2.75, 3.05) is 50.3 Å². The zero-order valence-electron chi connectivity index (χ0n) is 46.5. The molecule has 10 amide bonds. The number of likely N-dealkylation sites (tertiary alicyclic amines) is 3. The average Bonchev–Trinajstić information content (AvgIpc) is 4.28. The Morgan fingerprint density at radius 2 is 1.14 bits per heavy atom. The van der Waals surface area contributed by atoms with E-state index in [9.17, 15) is 68.1 Å². The van der Waals surface area contributed by atoms with Crippen LogP contribution in [-0.2, 0) is 59.2 Å². The summed E-state index contributed by atoms with van der Waals surface area (Å²) in [7, 11) is 0. The normalized spacial score (nSPS) is 20.1. The Bertz CT molecular complexity index is 2590. The van der Waals surface area contributed by atoms with Gasteiger partial charge in [0.2, 0.25) is 59.1 Å². The number of carboxylic acid groups (broad SMARTS) is 1. The van der Waals surface area contributed by atoms with E-state index in [4.69, 9.17) is 11.5 Å². The van der Waals surface area contributed by atoms with Gasteiger partial charge in [0.15, 0.2) is 0 Å². The van der Waals surface area contributed by atoms with Crippen molar-refractivity contribution in [2.45, 2.75) is 158 Å². The van der Waals surface area contributed by atoms with Crippen molar-refractivity contribution in [2.24, 2.45) is 17.4 Å². The summed E-state index contributed by atoms with van der Waals surface area (Å²) >= 11 is 2.89. The number of aromatic amines is 1. The predicted octanol–water partition coefficient (Wildman–Crippen LogP) is -2.20. The van der Waals surface area contributed by atoms with Crippen LogP contribution in [0.2, 0.25) is 0 Å². The van der Waals surface area contributed by atoms with Gasteiger partial charge < -0.3 is 78.4 Å². The number of nitrogens with two attached hydrogens (primary N) is 2. The van der Waals surface area contributed by atoms with Crippen LogP contribution in [0.3, 0.4) is 0 Å². The smallest absolute Gasteiger partial charge is 0.305 e. The number of H-pyrrole nitrogens is 1. The average molecular weight is 1170 g/mol. The van der Waals surface area contributed by atoms with Crippen molar-refractivity contribution in [3.05, 3.63) is 36.0 Å². The predicted molar refractivity (Wildman–Crippen MR) is 301 cm³/mol. The second-order valence-electron chi connectivity index (χ2n) is 21.1. The van der Waals surface area contributed by atoms with E-state index in [2.05, 4.69) is 36.9 Å². The zero-order valence-corrected chi connectivity index (χ0v) is 48.1. The highest BCUT2D eigenvalue weighted by Crippen LogP contribution is 2.25. The Labute approximate surface area is 478 Å². The number of amides is 10. The second-order valence-corrected chi connectivity index (χ2v) is 23.1. The van der Waals surface area contributed by atoms with E-state index < -0.39 is 145 Å². The molecule has 4 heterocycles. The molecule has 1 aromatic carbocycles. The van der Waals surface area contributed by atoms with Crippen LogP contribution < -0.4 is 43.4 Å². The number of carbonyl (C=O) groups is 11. The van der Waals surface area contributed by atoms with Gasteiger partial charge in [0.25, 0.3) is 0 Å². The maximum atomic E-state index is 14.3. The number of primary amides is 1. The van der Waals surface area contributed by atoms with Crippen LogP contribution in [-0.4, -0.2) is 217 Å². The quantitative estimate of drug-likeness (QED) is 0.0395. The molecule has 448 valence electrons. The van der Waals surface area contributed by atoms with Crippen molar-refractivity contribution < 1.29 is 68.1 Å². The van der Waals surface area contributed by atoms with Gasteiger partial charge in [-0.15, -0.1) is 0 Å². The lowest BCUT2D eigenvalue weighted by Gasteiger charge is -2.33. The molecule has 14 N–H and O–H groups in total. The number of thioether (sulfide) groups is 2. The first-order valence-electron chi connectivity index (χ1n) is 27.3. The second kappa shape index (κ2) is 31.1. The molecule has 2 aromatic rings. The molecular formula is C53H80N12O14S2. The summed E-state index contributed by atoms with van der Waals surface area (Å²) in [5.74, 6) is -8.52. The standard InChI is InChI=1S/C53H80N12O14S2/c1-28(2)23-36(59-45(71)32(54)24-30-26-56-33-12-7-6-11-31(30)33)46(72)61-38(27-66)47(73)62-43(29(3)67)53(79)65-20-10-15-41(65)50(76)60-37(25-42(68)69)52(78)64-19-9-14-40(64)49(75)58-35(17-22-81-5)51(77)63-18-8-13-39(63)48(74)57-34(44(55)70)16-21-80-4/h6-7,11-12,26,28-29,32,34-41,43,56,66-67H,8-10,13-25,27,54H2,1-5H3,(H2,55,70)(H,57,74)(H,58,75)(H,59,71)(H,60,76)(H,61,72)(H,62,73)(H,68,69)/t29-,32+,34+,35+,36+,37+,38+,39+,40+,41+,43+/m1/s1. The number of hydrogen-bond donors (Lipinski definition) is 12. The summed E-state index contributed by atoms with van der Waals surface area (Å²) in [6.07, 6.45) is 5.08. The Morgan fingerprint density at radius 1 is 0.654 bits per heavy atom. The molecular weight excluding hydrogens is 1090 g/mol. The molecule has 0 radical (unpaired) electrons. The van der Waals surface area contributed by atoms with Crippen LogP contribution in [0.4, 0.5) is 0 Å². The third kappa shape index (κ3) is 17.8. The number of aliphatic hydroxyl groups is 2. The monoisotopic (exact) mass is 1170 g/mol. The van der Waals surface area contributed by atoms with Gasteiger partial charge >= 0.3 is 5.97 Å². The number of fused-ring (bicyclic) bond motifs is 1. The Balaban J connectivity index is 1.23. The summed E-state index contributed by atoms with van der Waals surface area (Å²) in [4.78, 5) is 156. The summed E-state index contributed by atoms with van der Waals surface area (Å²) in [5, 5.41) is 47.3. The minimum atomic E-state index is -1.74. The first kappa shape index (κ1) is 65.3. The Hall–Kier alpha value is -6.49. The molecule has 0 unspecified atom stereocenters. The number of nitrogens with zero attached hydrogens (tertiary/aromatic N) is 3. The first-order valence-corrected chi connectivity index (χ1v) is 30.1. The van der Waals surface area contributed by atoms with Crippen molar-refractivity contribution in [1.29, 1.82) is 0 Å². The molecule has 0 aliphatic carbocycles. The molecule has 0 bridgehead atoms. The van der Waals surface area contributed by atoms with Crippen LogP contribution in [0.1, 0.15) is 90.5 Å². The number of rotatable bonds is 30. The van der Waals surface area contributed by atoms with Crippen molar-refractivity contribution in [3.63, 3.8) is 0 Å². The van der Waals surface area contributed by atoms with E-state index in [1.807, 2.05) is 36.8 Å². The van der Waals surface area contributed by atoms with Crippen LogP contribution in [0, 0.1) is 5.92 Å². The number of aliphatic hydroxyl groups excluding tert-OH is 2. The van der Waals surface area contributed by atoms with Gasteiger partial charge in [0, 0.05) is 36.7 Å². The fourth-order valence-electron chi connectivity index (χ4n) is 10.4. The van der Waals surface area contributed by atoms with Crippen LogP contribution in [0.25, 0.3) is 10.9 Å². The van der Waals surface area contributed by atoms with Crippen LogP contribution in [0.15, 0.2) is 30.5 Å². The van der Waals surface area contributed by atoms with Crippen LogP contribution >= 0.6 is 23.5 Å². The van der Waals surface area contributed by atoms with Gasteiger partial charge in [-0.3, -0.25) is 52.7 Å². The highest BCUT2D eigenvalue weighted by Gasteiger charge is 2.45. The molecule has 3 aliphatic rings. The van der Waals surface area contributed by atoms with E-state index in [-0.39, 0.29) is 64.1 Å². The summed E-state index contributed by atoms with van der Waals surface area (Å²) in [6.45, 7) is 3.97. The van der Waals surface area contributed by atoms with Gasteiger partial charge in [-0.05, 0) is 113 Å². The SMILES string of the molecule is CSCC[C@H](NC(=O)[C@@H]1CCCN1C(=O)[C@H](CCSC)NC(=O)[C@@H]1CCCN1C(=O)[C@H](CC(=O)O)NC(=O)[C@@H]1CCCN1C(=O)[C@@H](NC(=O)[C@H](CO)NC(=O)[C@H](CC(C)C)NC(=O)[C@@H](N)Cc1c[nH]c2ccccc12)[C@@H](C)O)C(N)=O. The van der Waals surface area contributed by atoms with Gasteiger partial charge in [0.1, 0.15) is 54.4 Å². The molecule has 1 aromatic heterocycles. The maximum absolute atomic E-state index is 14.3. The number of nitrogens with one attached hydrogen (secondary N) is 7. The highest BCUT2D eigenvalue weighted by atomic mass is 32.2. The number of para-hydroxylation sites is 1. The maximum Gasteiger partial charge on any atom is 0.305 e. The topological polar surface area (TPSA) is 398 Å². The largest absolute Gasteiger partial charge is 0.481 e. The lowest BCUT2D eigenvalue weighted by Crippen LogP contribution is -2.62. The molecule has 5 rings (SSSR count). The number of carboxylic acids is 1. The summed E-state index contributed by atoms with van der Waals surface area (Å²) in [6, 6.07) is -5.49. The number of aliphatic carboxylic acids is 1. The molecule has 3 saturated heterocycles. The molecule has 3 aliphatic heterocycles. The van der Waals surface area contributed by atoms with Gasteiger partial charge in [-0.25, -0.2) is 0 Å². The molecule has 28 heteroatoms. The minimum absolute atomic E-state index is 0.00888. The van der Waals surface area contributed by atoms with Gasteiger partial charge in [-0.1, -0.05) is 32.0 Å². The lowest BCUT2D eigenvalue weighted by atomic mass is 10.0. The Morgan fingerprint density at radius 3 is 1.64 bits per heavy atom. The number of aromatic nitrogens is 1. The van der Waals surface area contributed by atoms with E-state index in [1.54, 1.807) is 20.0 Å². The molecule has 0 saturated carbocycles. The Kier molecular flexibility index (Phi) is 25.1. The van der Waals surface area contributed by atoms with E-state index in [1.165, 1.54) is 35.3 Å². The lowest BCUT2D eigenvalue weighted by molar-refractivity contribution is -0.148. The van der Waals surface area contributed by atoms with Gasteiger partial charge in [0.05, 0.1) is 25.2 Å². The van der Waals surface area contributed by atoms with Crippen molar-refractivity contribution in [1.82, 2.24) is 51.6 Å². The molecule has 3 fully saturated rings. The molecule has 81 heavy (non-hydrogen) atoms. The molecule has 11 atom stereocenters. The highest BCUT2D eigenvalue weighted by molar-refractivity contribution is 7.98. The van der Waals surface area contributed by atoms with E-state index in [0.29, 0.717) is 37.2 Å². The third-order valence-electron chi connectivity index (χ3n) is 14.7. The fraction of sp³-hybridized carbons (Fsp3) is 0.642. The minimum Gasteiger partial charge on any atom is -0.481 e. The van der Waals surface area contributed by atoms with Crippen molar-refractivity contribution in [3.8, 4) is 0 Å². The molecule has 26 nitrogen and oxygen atoms in total. The zero-order chi connectivity index (χ0) is 59.7. The van der Waals surface area contributed by atoms with Crippen molar-refractivity contribution >= 4 is 99.5 Å². The number of carbonyl (C=O) groups excluding carboxylic acids is 10. The van der Waals surface area contributed by atoms with Gasteiger partial charge in [-0.2, -0.15) is 23.5 Å². The number of benzene rings is 1.